The maximum absolute atomic E-state index is 10.7. The fourth-order valence-corrected chi connectivity index (χ4v) is 2.92. The van der Waals surface area contributed by atoms with Crippen molar-refractivity contribution in [3.05, 3.63) is 93.9 Å². The van der Waals surface area contributed by atoms with Crippen LogP contribution in [0.3, 0.4) is 0 Å². The van der Waals surface area contributed by atoms with Crippen LogP contribution in [0.5, 0.6) is 0 Å². The number of aliphatic hydroxyl groups is 1. The van der Waals surface area contributed by atoms with Crippen molar-refractivity contribution in [1.29, 1.82) is 0 Å². The Bertz CT molecular complexity index is 895. The van der Waals surface area contributed by atoms with E-state index in [1.165, 1.54) is 17.1 Å². The first-order chi connectivity index (χ1) is 13.0. The summed E-state index contributed by atoms with van der Waals surface area (Å²) in [4.78, 5) is 13.8. The van der Waals surface area contributed by atoms with E-state index >= 15 is 0 Å². The van der Waals surface area contributed by atoms with Crippen LogP contribution in [-0.4, -0.2) is 32.3 Å². The van der Waals surface area contributed by atoms with Crippen LogP contribution < -0.4 is 0 Å². The van der Waals surface area contributed by atoms with E-state index in [1.54, 1.807) is 0 Å². The van der Waals surface area contributed by atoms with E-state index < -0.39 is 11.0 Å². The number of ether oxygens (including phenoxy) is 1. The molecule has 7 nitrogen and oxygen atoms in total. The van der Waals surface area contributed by atoms with Crippen LogP contribution >= 0.6 is 0 Å². The highest BCUT2D eigenvalue weighted by Gasteiger charge is 2.19. The number of imidazole rings is 1. The van der Waals surface area contributed by atoms with Gasteiger partial charge in [0.1, 0.15) is 12.3 Å². The highest BCUT2D eigenvalue weighted by Crippen LogP contribution is 2.28. The second-order valence-corrected chi connectivity index (χ2v) is 6.32. The van der Waals surface area contributed by atoms with Crippen LogP contribution in [0.2, 0.25) is 0 Å². The van der Waals surface area contributed by atoms with E-state index in [9.17, 15) is 15.2 Å². The van der Waals surface area contributed by atoms with Crippen molar-refractivity contribution < 1.29 is 14.8 Å². The zero-order valence-electron chi connectivity index (χ0n) is 14.9. The van der Waals surface area contributed by atoms with Crippen LogP contribution in [0.1, 0.15) is 22.8 Å². The molecule has 140 valence electrons. The standard InChI is InChI=1S/C20H21N3O4/c1-15-7-5-6-10-18(15)20(16-8-3-2-4-9-16)27-13-17(24)11-22-12-19(21-14-22)23(25)26/h2-10,12,14,17,20,24H,11,13H2,1H3/t17-,20+/m0/s1. The van der Waals surface area contributed by atoms with Gasteiger partial charge >= 0.3 is 5.82 Å². The normalized spacial score (nSPS) is 13.3. The van der Waals surface area contributed by atoms with E-state index in [0.717, 1.165) is 16.7 Å². The highest BCUT2D eigenvalue weighted by molar-refractivity contribution is 5.35. The van der Waals surface area contributed by atoms with Gasteiger partial charge in [-0.3, -0.25) is 0 Å². The Morgan fingerprint density at radius 3 is 2.56 bits per heavy atom. The smallest absolute Gasteiger partial charge is 0.381 e. The number of aliphatic hydroxyl groups excluding tert-OH is 1. The highest BCUT2D eigenvalue weighted by atomic mass is 16.6. The minimum atomic E-state index is -0.825. The fourth-order valence-electron chi connectivity index (χ4n) is 2.92. The second-order valence-electron chi connectivity index (χ2n) is 6.32. The molecule has 0 unspecified atom stereocenters. The molecule has 3 aromatic rings. The topological polar surface area (TPSA) is 90.4 Å². The van der Waals surface area contributed by atoms with Gasteiger partial charge in [-0.2, -0.15) is 0 Å². The third-order valence-electron chi connectivity index (χ3n) is 4.26. The Morgan fingerprint density at radius 2 is 1.89 bits per heavy atom. The van der Waals surface area contributed by atoms with E-state index in [4.69, 9.17) is 4.74 Å². The van der Waals surface area contributed by atoms with Crippen LogP contribution in [0, 0.1) is 17.0 Å². The Kier molecular flexibility index (Phi) is 5.95. The molecule has 0 aliphatic carbocycles. The molecule has 1 N–H and O–H groups in total. The largest absolute Gasteiger partial charge is 0.389 e. The van der Waals surface area contributed by atoms with Gasteiger partial charge in [-0.1, -0.05) is 54.6 Å². The average molecular weight is 367 g/mol. The molecule has 2 aromatic carbocycles. The van der Waals surface area contributed by atoms with Gasteiger partial charge in [-0.15, -0.1) is 0 Å². The first kappa shape index (κ1) is 18.8. The molecule has 0 radical (unpaired) electrons. The molecule has 0 spiro atoms. The number of nitrogens with zero attached hydrogens (tertiary/aromatic N) is 3. The van der Waals surface area contributed by atoms with Gasteiger partial charge in [0.25, 0.3) is 0 Å². The van der Waals surface area contributed by atoms with Gasteiger partial charge in [-0.25, -0.2) is 0 Å². The van der Waals surface area contributed by atoms with E-state index in [-0.39, 0.29) is 25.1 Å². The van der Waals surface area contributed by atoms with Crippen LogP contribution in [0.25, 0.3) is 0 Å². The van der Waals surface area contributed by atoms with Crippen molar-refractivity contribution in [2.75, 3.05) is 6.61 Å². The van der Waals surface area contributed by atoms with Gasteiger partial charge in [0.05, 0.1) is 19.3 Å². The third kappa shape index (κ3) is 4.78. The number of benzene rings is 2. The molecule has 1 aromatic heterocycles. The second kappa shape index (κ2) is 8.57. The predicted molar refractivity (Wildman–Crippen MR) is 100 cm³/mol. The number of aryl methyl sites for hydroxylation is 1. The lowest BCUT2D eigenvalue weighted by atomic mass is 9.97. The molecule has 0 saturated carbocycles. The summed E-state index contributed by atoms with van der Waals surface area (Å²) in [5.74, 6) is -0.245. The van der Waals surface area contributed by atoms with Gasteiger partial charge < -0.3 is 24.5 Å². The summed E-state index contributed by atoms with van der Waals surface area (Å²) in [6.07, 6.45) is 1.49. The predicted octanol–water partition coefficient (Wildman–Crippen LogP) is 3.27. The van der Waals surface area contributed by atoms with E-state index in [2.05, 4.69) is 4.98 Å². The van der Waals surface area contributed by atoms with Crippen LogP contribution in [-0.2, 0) is 11.3 Å². The lowest BCUT2D eigenvalue weighted by Crippen LogP contribution is -2.23. The summed E-state index contributed by atoms with van der Waals surface area (Å²) in [5, 5.41) is 21.0. The average Bonchev–Trinajstić information content (AvgIpc) is 3.13. The monoisotopic (exact) mass is 367 g/mol. The molecule has 2 atom stereocenters. The van der Waals surface area contributed by atoms with Gasteiger partial charge in [-0.05, 0) is 33.5 Å². The van der Waals surface area contributed by atoms with Crippen LogP contribution in [0.15, 0.2) is 67.1 Å². The van der Waals surface area contributed by atoms with Crippen molar-refractivity contribution >= 4 is 5.82 Å². The Balaban J connectivity index is 1.71. The van der Waals surface area contributed by atoms with Crippen molar-refractivity contribution in [3.8, 4) is 0 Å². The van der Waals surface area contributed by atoms with E-state index in [0.29, 0.717) is 0 Å². The molecular weight excluding hydrogens is 346 g/mol. The fraction of sp³-hybridized carbons (Fsp3) is 0.250. The molecule has 0 aliphatic rings. The summed E-state index contributed by atoms with van der Waals surface area (Å²) in [6, 6.07) is 17.8. The SMILES string of the molecule is Cc1ccccc1[C@H](OC[C@@H](O)Cn1cnc([N+](=O)[O-])c1)c1ccccc1. The molecule has 1 heterocycles. The number of aromatic nitrogens is 2. The van der Waals surface area contributed by atoms with Crippen molar-refractivity contribution in [2.45, 2.75) is 25.7 Å². The third-order valence-corrected chi connectivity index (χ3v) is 4.26. The van der Waals surface area contributed by atoms with Gasteiger partial charge in [0, 0.05) is 0 Å². The zero-order valence-corrected chi connectivity index (χ0v) is 14.9. The molecule has 27 heavy (non-hydrogen) atoms. The molecular formula is C20H21N3O4. The number of rotatable bonds is 8. The molecule has 0 amide bonds. The number of hydrogen-bond acceptors (Lipinski definition) is 5. The maximum atomic E-state index is 10.7. The molecule has 7 heteroatoms. The summed E-state index contributed by atoms with van der Waals surface area (Å²) < 4.78 is 7.55. The number of nitro groups is 1. The first-order valence-corrected chi connectivity index (χ1v) is 8.61. The van der Waals surface area contributed by atoms with Crippen molar-refractivity contribution in [2.24, 2.45) is 0 Å². The first-order valence-electron chi connectivity index (χ1n) is 8.61. The Labute approximate surface area is 157 Å². The molecule has 0 saturated heterocycles. The molecule has 0 bridgehead atoms. The minimum absolute atomic E-state index is 0.0832. The summed E-state index contributed by atoms with van der Waals surface area (Å²) in [5.41, 5.74) is 3.14. The van der Waals surface area contributed by atoms with E-state index in [1.807, 2.05) is 61.5 Å². The zero-order chi connectivity index (χ0) is 19.2. The van der Waals surface area contributed by atoms with Crippen molar-refractivity contribution in [1.82, 2.24) is 9.55 Å². The number of hydrogen-bond donors (Lipinski definition) is 1. The van der Waals surface area contributed by atoms with Crippen molar-refractivity contribution in [3.63, 3.8) is 0 Å². The molecule has 0 aliphatic heterocycles. The summed E-state index contributed by atoms with van der Waals surface area (Å²) in [6.45, 7) is 2.27. The van der Waals surface area contributed by atoms with Crippen LogP contribution in [0.4, 0.5) is 5.82 Å². The summed E-state index contributed by atoms with van der Waals surface area (Å²) >= 11 is 0. The summed E-state index contributed by atoms with van der Waals surface area (Å²) in [7, 11) is 0. The Morgan fingerprint density at radius 1 is 1.19 bits per heavy atom. The molecule has 3 rings (SSSR count). The lowest BCUT2D eigenvalue weighted by Gasteiger charge is -2.22. The minimum Gasteiger partial charge on any atom is -0.389 e. The maximum Gasteiger partial charge on any atom is 0.381 e. The quantitative estimate of drug-likeness (QED) is 0.487. The van der Waals surface area contributed by atoms with Gasteiger partial charge in [0.2, 0.25) is 6.33 Å². The van der Waals surface area contributed by atoms with Gasteiger partial charge in [0.15, 0.2) is 0 Å². The Hall–Kier alpha value is -3.03. The lowest BCUT2D eigenvalue weighted by molar-refractivity contribution is -0.389. The molecule has 0 fully saturated rings.